The maximum absolute atomic E-state index is 13.7. The van der Waals surface area contributed by atoms with Crippen LogP contribution in [0.2, 0.25) is 0 Å². The zero-order valence-electron chi connectivity index (χ0n) is 22.1. The minimum atomic E-state index is -3.05. The smallest absolute Gasteiger partial charge is 0.270 e. The van der Waals surface area contributed by atoms with Crippen LogP contribution in [0, 0.1) is 0 Å². The number of benzene rings is 1. The van der Waals surface area contributed by atoms with Crippen LogP contribution in [0.3, 0.4) is 0 Å². The van der Waals surface area contributed by atoms with E-state index in [-0.39, 0.29) is 23.3 Å². The Bertz CT molecular complexity index is 1580. The predicted octanol–water partition coefficient (Wildman–Crippen LogP) is 5.40. The van der Waals surface area contributed by atoms with Crippen molar-refractivity contribution in [2.75, 3.05) is 18.5 Å². The number of carbonyl (C=O) groups is 2. The van der Waals surface area contributed by atoms with Gasteiger partial charge in [-0.1, -0.05) is 18.7 Å². The third-order valence-corrected chi connectivity index (χ3v) is 6.77. The summed E-state index contributed by atoms with van der Waals surface area (Å²) in [6.07, 6.45) is 7.41. The monoisotopic (exact) mass is 546 g/mol. The molecule has 5 rings (SSSR count). The number of imidazole rings is 1. The van der Waals surface area contributed by atoms with Gasteiger partial charge in [-0.2, -0.15) is 0 Å². The fraction of sp³-hybridized carbons (Fsp3) is 0.276. The standard InChI is InChI=1S/C29H28F2N6O3/c1-4-24(38)36-14-6-7-21(36)27-35-26(22-16-32-17-25(37(22)27)40-5-2)18-8-10-19(11-9-18)28(39)34-23-15-20(12-13-33-23)29(3,30)31/h4,8-13,15-17,21H,1,5-7,14H2,2-3H3,(H,33,34,39)/t21-/m0/s1. The fourth-order valence-electron chi connectivity index (χ4n) is 4.87. The van der Waals surface area contributed by atoms with Crippen molar-refractivity contribution in [2.24, 2.45) is 0 Å². The average Bonchev–Trinajstić information content (AvgIpc) is 3.58. The first-order valence-corrected chi connectivity index (χ1v) is 12.9. The van der Waals surface area contributed by atoms with Gasteiger partial charge in [-0.05, 0) is 50.1 Å². The molecule has 0 radical (unpaired) electrons. The summed E-state index contributed by atoms with van der Waals surface area (Å²) in [5, 5.41) is 2.57. The van der Waals surface area contributed by atoms with Crippen LogP contribution in [0.1, 0.15) is 54.5 Å². The molecule has 0 aliphatic carbocycles. The number of anilines is 1. The third kappa shape index (κ3) is 5.14. The molecular weight excluding hydrogens is 518 g/mol. The van der Waals surface area contributed by atoms with E-state index in [4.69, 9.17) is 9.72 Å². The summed E-state index contributed by atoms with van der Waals surface area (Å²) in [4.78, 5) is 40.4. The fourth-order valence-corrected chi connectivity index (χ4v) is 4.87. The maximum Gasteiger partial charge on any atom is 0.270 e. The Balaban J connectivity index is 1.48. The second-order valence-corrected chi connectivity index (χ2v) is 9.46. The third-order valence-electron chi connectivity index (χ3n) is 6.77. The van der Waals surface area contributed by atoms with Gasteiger partial charge >= 0.3 is 0 Å². The molecule has 4 heterocycles. The number of halogens is 2. The number of hydrogen-bond acceptors (Lipinski definition) is 6. The van der Waals surface area contributed by atoms with Gasteiger partial charge in [-0.3, -0.25) is 19.0 Å². The molecule has 0 saturated carbocycles. The van der Waals surface area contributed by atoms with Crippen LogP contribution in [0.15, 0.2) is 67.6 Å². The number of hydrogen-bond donors (Lipinski definition) is 1. The summed E-state index contributed by atoms with van der Waals surface area (Å²) in [5.74, 6) is -2.51. The minimum Gasteiger partial charge on any atom is -0.478 e. The van der Waals surface area contributed by atoms with Gasteiger partial charge in [0.15, 0.2) is 0 Å². The number of aromatic nitrogens is 4. The second-order valence-electron chi connectivity index (χ2n) is 9.46. The van der Waals surface area contributed by atoms with Crippen LogP contribution in [0.25, 0.3) is 16.8 Å². The van der Waals surface area contributed by atoms with Crippen LogP contribution in [0.5, 0.6) is 5.88 Å². The number of alkyl halides is 2. The highest BCUT2D eigenvalue weighted by Gasteiger charge is 2.33. The number of nitrogens with one attached hydrogen (secondary N) is 1. The number of fused-ring (bicyclic) bond motifs is 1. The van der Waals surface area contributed by atoms with Gasteiger partial charge in [-0.15, -0.1) is 0 Å². The zero-order valence-corrected chi connectivity index (χ0v) is 22.1. The minimum absolute atomic E-state index is 0.0301. The molecule has 1 aliphatic heterocycles. The molecule has 4 aromatic rings. The highest BCUT2D eigenvalue weighted by atomic mass is 19.3. The summed E-state index contributed by atoms with van der Waals surface area (Å²) < 4.78 is 35.1. The van der Waals surface area contributed by atoms with E-state index in [0.717, 1.165) is 31.4 Å². The van der Waals surface area contributed by atoms with Crippen molar-refractivity contribution in [2.45, 2.75) is 38.7 Å². The highest BCUT2D eigenvalue weighted by molar-refractivity contribution is 6.04. The number of nitrogens with zero attached hydrogens (tertiary/aromatic N) is 5. The molecule has 206 valence electrons. The summed E-state index contributed by atoms with van der Waals surface area (Å²) in [6.45, 7) is 7.32. The summed E-state index contributed by atoms with van der Waals surface area (Å²) in [7, 11) is 0. The largest absolute Gasteiger partial charge is 0.478 e. The first-order chi connectivity index (χ1) is 19.2. The molecule has 9 nitrogen and oxygen atoms in total. The van der Waals surface area contributed by atoms with Gasteiger partial charge in [0.05, 0.1) is 36.3 Å². The maximum atomic E-state index is 13.7. The summed E-state index contributed by atoms with van der Waals surface area (Å²) in [6, 6.07) is 8.83. The lowest BCUT2D eigenvalue weighted by molar-refractivity contribution is -0.127. The van der Waals surface area contributed by atoms with E-state index in [1.54, 1.807) is 41.6 Å². The first-order valence-electron chi connectivity index (χ1n) is 12.9. The Kier molecular flexibility index (Phi) is 7.29. The zero-order chi connectivity index (χ0) is 28.4. The highest BCUT2D eigenvalue weighted by Crippen LogP contribution is 2.37. The van der Waals surface area contributed by atoms with Crippen LogP contribution in [-0.4, -0.2) is 49.2 Å². The number of ether oxygens (including phenoxy) is 1. The molecule has 0 spiro atoms. The van der Waals surface area contributed by atoms with Crippen LogP contribution < -0.4 is 10.1 Å². The van der Waals surface area contributed by atoms with E-state index in [9.17, 15) is 18.4 Å². The Morgan fingerprint density at radius 3 is 2.70 bits per heavy atom. The first kappa shape index (κ1) is 26.9. The molecule has 1 atom stereocenters. The normalized spacial score (nSPS) is 15.3. The van der Waals surface area contributed by atoms with Gasteiger partial charge in [0.25, 0.3) is 11.8 Å². The molecule has 1 fully saturated rings. The molecule has 0 unspecified atom stereocenters. The van der Waals surface area contributed by atoms with E-state index in [2.05, 4.69) is 21.9 Å². The number of amides is 2. The van der Waals surface area contributed by atoms with Crippen LogP contribution >= 0.6 is 0 Å². The van der Waals surface area contributed by atoms with Gasteiger partial charge in [0, 0.05) is 36.4 Å². The Hall–Kier alpha value is -4.67. The Morgan fingerprint density at radius 1 is 1.23 bits per heavy atom. The van der Waals surface area contributed by atoms with Crippen molar-refractivity contribution < 1.29 is 23.1 Å². The van der Waals surface area contributed by atoms with Crippen molar-refractivity contribution in [1.82, 2.24) is 24.3 Å². The van der Waals surface area contributed by atoms with Crippen molar-refractivity contribution in [3.05, 3.63) is 84.6 Å². The molecule has 3 aromatic heterocycles. The van der Waals surface area contributed by atoms with Gasteiger partial charge in [0.1, 0.15) is 11.6 Å². The molecule has 1 saturated heterocycles. The molecule has 11 heteroatoms. The van der Waals surface area contributed by atoms with Crippen molar-refractivity contribution >= 4 is 23.1 Å². The molecule has 40 heavy (non-hydrogen) atoms. The molecule has 1 N–H and O–H groups in total. The summed E-state index contributed by atoms with van der Waals surface area (Å²) >= 11 is 0. The van der Waals surface area contributed by atoms with Gasteiger partial charge in [0.2, 0.25) is 11.8 Å². The lowest BCUT2D eigenvalue weighted by atomic mass is 10.1. The van der Waals surface area contributed by atoms with Gasteiger partial charge < -0.3 is 15.0 Å². The van der Waals surface area contributed by atoms with E-state index in [1.165, 1.54) is 18.3 Å². The second kappa shape index (κ2) is 10.8. The van der Waals surface area contributed by atoms with E-state index >= 15 is 0 Å². The summed E-state index contributed by atoms with van der Waals surface area (Å²) in [5.41, 5.74) is 2.10. The topological polar surface area (TPSA) is 102 Å². The molecule has 1 aliphatic rings. The van der Waals surface area contributed by atoms with E-state index in [1.807, 2.05) is 11.3 Å². The number of likely N-dealkylation sites (tertiary alicyclic amines) is 1. The Morgan fingerprint density at radius 2 is 2.00 bits per heavy atom. The predicted molar refractivity (Wildman–Crippen MR) is 145 cm³/mol. The molecule has 0 bridgehead atoms. The lowest BCUT2D eigenvalue weighted by Gasteiger charge is -2.23. The SMILES string of the molecule is C=CC(=O)N1CCC[C@H]1c1nc(-c2ccc(C(=O)Nc3cc(C(C)(F)F)ccn3)cc2)c2cncc(OCC)n12. The Labute approximate surface area is 229 Å². The quantitative estimate of drug-likeness (QED) is 0.297. The van der Waals surface area contributed by atoms with Crippen molar-refractivity contribution in [1.29, 1.82) is 0 Å². The number of pyridine rings is 1. The van der Waals surface area contributed by atoms with Crippen LogP contribution in [0.4, 0.5) is 14.6 Å². The van der Waals surface area contributed by atoms with Crippen LogP contribution in [-0.2, 0) is 10.7 Å². The van der Waals surface area contributed by atoms with Gasteiger partial charge in [-0.25, -0.2) is 18.7 Å². The van der Waals surface area contributed by atoms with Crippen molar-refractivity contribution in [3.63, 3.8) is 0 Å². The number of rotatable bonds is 8. The van der Waals surface area contributed by atoms with Crippen molar-refractivity contribution in [3.8, 4) is 17.1 Å². The number of carbonyl (C=O) groups excluding carboxylic acids is 2. The molecule has 2 amide bonds. The van der Waals surface area contributed by atoms with E-state index < -0.39 is 11.8 Å². The molecular formula is C29H28F2N6O3. The molecule has 1 aromatic carbocycles. The van der Waals surface area contributed by atoms with E-state index in [0.29, 0.717) is 41.6 Å². The lowest BCUT2D eigenvalue weighted by Crippen LogP contribution is -2.30. The average molecular weight is 547 g/mol.